The number of anilines is 1. The fourth-order valence-corrected chi connectivity index (χ4v) is 1.73. The Hall–Kier alpha value is -0.590. The second kappa shape index (κ2) is 4.59. The molecule has 2 heterocycles. The maximum atomic E-state index is 9.28. The molecule has 0 aliphatic carbocycles. The molecule has 2 N–H and O–H groups in total. The first-order valence-corrected chi connectivity index (χ1v) is 4.58. The molecule has 7 heteroatoms. The van der Waals surface area contributed by atoms with E-state index >= 15 is 0 Å². The summed E-state index contributed by atoms with van der Waals surface area (Å²) < 4.78 is 7.73. The molecule has 0 bridgehead atoms. The van der Waals surface area contributed by atoms with Crippen LogP contribution in [0.5, 0.6) is 5.88 Å². The van der Waals surface area contributed by atoms with Crippen molar-refractivity contribution in [1.82, 2.24) is 14.1 Å². The number of nitrogens with zero attached hydrogens (tertiary/aromatic N) is 3. The van der Waals surface area contributed by atoms with Gasteiger partial charge in [0.05, 0.1) is 11.7 Å². The summed E-state index contributed by atoms with van der Waals surface area (Å²) >= 11 is 1.05. The van der Waals surface area contributed by atoms with E-state index in [1.54, 1.807) is 0 Å². The van der Waals surface area contributed by atoms with E-state index in [-0.39, 0.29) is 18.3 Å². The second-order valence-corrected chi connectivity index (χ2v) is 3.18. The molecule has 2 rings (SSSR count). The van der Waals surface area contributed by atoms with Gasteiger partial charge >= 0.3 is 0 Å². The van der Waals surface area contributed by atoms with E-state index in [4.69, 9.17) is 0 Å². The summed E-state index contributed by atoms with van der Waals surface area (Å²) in [6.07, 6.45) is 0. The third-order valence-corrected chi connectivity index (χ3v) is 2.38. The minimum Gasteiger partial charge on any atom is -0.490 e. The Morgan fingerprint density at radius 1 is 1.31 bits per heavy atom. The first kappa shape index (κ1) is 10.5. The van der Waals surface area contributed by atoms with Crippen LogP contribution in [-0.4, -0.2) is 40.0 Å². The van der Waals surface area contributed by atoms with Crippen LogP contribution in [0.15, 0.2) is 0 Å². The Morgan fingerprint density at radius 2 is 2.00 bits per heavy atom. The molecule has 0 radical (unpaired) electrons. The normalized spacial score (nSPS) is 16.8. The lowest BCUT2D eigenvalue weighted by atomic mass is 10.4. The Labute approximate surface area is 86.5 Å². The standard InChI is InChI=1S/C6H10N4OS.ClH/c11-6-5(8-12-9-6)10-3-1-7-2-4-10;/h7H,1-4H2,(H,9,11);1H. The summed E-state index contributed by atoms with van der Waals surface area (Å²) in [5.41, 5.74) is 0. The van der Waals surface area contributed by atoms with Crippen LogP contribution in [-0.2, 0) is 0 Å². The number of hydrogen-bond donors (Lipinski definition) is 2. The van der Waals surface area contributed by atoms with Crippen molar-refractivity contribution in [2.75, 3.05) is 31.1 Å². The number of halogens is 1. The monoisotopic (exact) mass is 222 g/mol. The molecule has 0 unspecified atom stereocenters. The SMILES string of the molecule is Cl.Oc1nsnc1N1CCNCC1. The Bertz CT molecular complexity index is 263. The van der Waals surface area contributed by atoms with E-state index in [0.717, 1.165) is 37.9 Å². The van der Waals surface area contributed by atoms with Crippen molar-refractivity contribution in [2.45, 2.75) is 0 Å². The summed E-state index contributed by atoms with van der Waals surface area (Å²) in [4.78, 5) is 2.04. The summed E-state index contributed by atoms with van der Waals surface area (Å²) in [5, 5.41) is 12.5. The van der Waals surface area contributed by atoms with Crippen molar-refractivity contribution < 1.29 is 5.11 Å². The first-order chi connectivity index (χ1) is 5.88. The van der Waals surface area contributed by atoms with Crippen LogP contribution in [0.25, 0.3) is 0 Å². The van der Waals surface area contributed by atoms with E-state index in [2.05, 4.69) is 14.1 Å². The molecule has 1 saturated heterocycles. The molecule has 1 aliphatic rings. The summed E-state index contributed by atoms with van der Waals surface area (Å²) in [6, 6.07) is 0. The van der Waals surface area contributed by atoms with Crippen LogP contribution < -0.4 is 10.2 Å². The lowest BCUT2D eigenvalue weighted by molar-refractivity contribution is 0.454. The molecule has 0 saturated carbocycles. The number of aromatic nitrogens is 2. The average Bonchev–Trinajstić information content (AvgIpc) is 2.53. The van der Waals surface area contributed by atoms with Gasteiger partial charge in [-0.1, -0.05) is 0 Å². The van der Waals surface area contributed by atoms with Crippen LogP contribution in [0, 0.1) is 0 Å². The van der Waals surface area contributed by atoms with Crippen molar-refractivity contribution in [2.24, 2.45) is 0 Å². The van der Waals surface area contributed by atoms with Gasteiger partial charge in [-0.05, 0) is 0 Å². The van der Waals surface area contributed by atoms with Gasteiger partial charge in [-0.25, -0.2) is 0 Å². The summed E-state index contributed by atoms with van der Waals surface area (Å²) in [7, 11) is 0. The fourth-order valence-electron chi connectivity index (χ4n) is 1.26. The predicted molar refractivity (Wildman–Crippen MR) is 53.9 cm³/mol. The third kappa shape index (κ3) is 2.20. The lowest BCUT2D eigenvalue weighted by Crippen LogP contribution is -2.43. The third-order valence-electron chi connectivity index (χ3n) is 1.87. The molecular weight excluding hydrogens is 212 g/mol. The van der Waals surface area contributed by atoms with Crippen LogP contribution in [0.2, 0.25) is 0 Å². The number of rotatable bonds is 1. The highest BCUT2D eigenvalue weighted by atomic mass is 35.5. The van der Waals surface area contributed by atoms with E-state index in [0.29, 0.717) is 5.82 Å². The van der Waals surface area contributed by atoms with Crippen LogP contribution >= 0.6 is 24.1 Å². The molecule has 1 aromatic heterocycles. The molecule has 0 spiro atoms. The van der Waals surface area contributed by atoms with E-state index in [1.165, 1.54) is 0 Å². The fraction of sp³-hybridized carbons (Fsp3) is 0.667. The van der Waals surface area contributed by atoms with Crippen molar-refractivity contribution in [3.63, 3.8) is 0 Å². The van der Waals surface area contributed by atoms with Crippen molar-refractivity contribution in [3.05, 3.63) is 0 Å². The number of aromatic hydroxyl groups is 1. The molecule has 13 heavy (non-hydrogen) atoms. The number of nitrogens with one attached hydrogen (secondary N) is 1. The molecule has 5 nitrogen and oxygen atoms in total. The van der Waals surface area contributed by atoms with Crippen molar-refractivity contribution in [1.29, 1.82) is 0 Å². The zero-order valence-corrected chi connectivity index (χ0v) is 8.57. The van der Waals surface area contributed by atoms with Gasteiger partial charge in [0.15, 0.2) is 0 Å². The summed E-state index contributed by atoms with van der Waals surface area (Å²) in [5.74, 6) is 0.684. The molecular formula is C6H11ClN4OS. The van der Waals surface area contributed by atoms with E-state index in [9.17, 15) is 5.11 Å². The topological polar surface area (TPSA) is 61.3 Å². The average molecular weight is 223 g/mol. The Kier molecular flexibility index (Phi) is 3.71. The molecule has 0 amide bonds. The molecule has 74 valence electrons. The van der Waals surface area contributed by atoms with E-state index in [1.807, 2.05) is 4.90 Å². The largest absolute Gasteiger partial charge is 0.490 e. The van der Waals surface area contributed by atoms with Crippen LogP contribution in [0.3, 0.4) is 0 Å². The molecule has 1 aromatic rings. The summed E-state index contributed by atoms with van der Waals surface area (Å²) in [6.45, 7) is 3.66. The first-order valence-electron chi connectivity index (χ1n) is 3.85. The predicted octanol–water partition coefficient (Wildman–Crippen LogP) is 0.0751. The second-order valence-electron chi connectivity index (χ2n) is 2.65. The van der Waals surface area contributed by atoms with Gasteiger partial charge in [-0.15, -0.1) is 16.8 Å². The molecule has 1 fully saturated rings. The van der Waals surface area contributed by atoms with Gasteiger partial charge in [0.2, 0.25) is 5.82 Å². The Morgan fingerprint density at radius 3 is 2.54 bits per heavy atom. The van der Waals surface area contributed by atoms with E-state index < -0.39 is 0 Å². The van der Waals surface area contributed by atoms with Gasteiger partial charge < -0.3 is 15.3 Å². The Balaban J connectivity index is 0.000000845. The van der Waals surface area contributed by atoms with Crippen LogP contribution in [0.1, 0.15) is 0 Å². The van der Waals surface area contributed by atoms with Gasteiger partial charge in [-0.3, -0.25) is 0 Å². The quantitative estimate of drug-likeness (QED) is 0.705. The highest BCUT2D eigenvalue weighted by molar-refractivity contribution is 6.99. The van der Waals surface area contributed by atoms with Gasteiger partial charge in [0.1, 0.15) is 0 Å². The minimum atomic E-state index is 0. The smallest absolute Gasteiger partial charge is 0.268 e. The highest BCUT2D eigenvalue weighted by Crippen LogP contribution is 2.23. The van der Waals surface area contributed by atoms with Crippen LogP contribution in [0.4, 0.5) is 5.82 Å². The van der Waals surface area contributed by atoms with Crippen molar-refractivity contribution >= 4 is 30.0 Å². The maximum absolute atomic E-state index is 9.28. The minimum absolute atomic E-state index is 0. The van der Waals surface area contributed by atoms with Gasteiger partial charge in [-0.2, -0.15) is 4.37 Å². The lowest BCUT2D eigenvalue weighted by Gasteiger charge is -2.26. The van der Waals surface area contributed by atoms with Gasteiger partial charge in [0, 0.05) is 26.2 Å². The highest BCUT2D eigenvalue weighted by Gasteiger charge is 2.16. The number of piperazine rings is 1. The molecule has 0 aromatic carbocycles. The maximum Gasteiger partial charge on any atom is 0.268 e. The number of hydrogen-bond acceptors (Lipinski definition) is 6. The zero-order valence-electron chi connectivity index (χ0n) is 6.93. The van der Waals surface area contributed by atoms with Crippen molar-refractivity contribution in [3.8, 4) is 5.88 Å². The zero-order chi connectivity index (χ0) is 8.39. The van der Waals surface area contributed by atoms with Gasteiger partial charge in [0.25, 0.3) is 5.88 Å². The molecule has 0 atom stereocenters. The molecule has 1 aliphatic heterocycles.